The minimum absolute atomic E-state index is 0.304. The first kappa shape index (κ1) is 14.5. The molecule has 18 heavy (non-hydrogen) atoms. The van der Waals surface area contributed by atoms with Crippen LogP contribution < -0.4 is 0 Å². The maximum atomic E-state index is 11.5. The van der Waals surface area contributed by atoms with Gasteiger partial charge in [0.25, 0.3) is 0 Å². The average molecular weight is 396 g/mol. The molecule has 0 saturated carbocycles. The first-order valence-electron chi connectivity index (χ1n) is 6.01. The highest BCUT2D eigenvalue weighted by Gasteiger charge is 2.33. The second kappa shape index (κ2) is 6.06. The number of rotatable bonds is 4. The van der Waals surface area contributed by atoms with Crippen LogP contribution in [0.2, 0.25) is 0 Å². The van der Waals surface area contributed by atoms with E-state index in [0.717, 1.165) is 22.6 Å². The molecule has 0 amide bonds. The summed E-state index contributed by atoms with van der Waals surface area (Å²) in [4.78, 5) is 0. The SMILES string of the molecule is O=S1(=O)CCC(C(CBr)Cc2ccc(Br)cc2)C1. The summed E-state index contributed by atoms with van der Waals surface area (Å²) in [6.45, 7) is 0. The molecule has 1 aliphatic rings. The van der Waals surface area contributed by atoms with Gasteiger partial charge in [0.05, 0.1) is 11.5 Å². The molecule has 2 atom stereocenters. The zero-order valence-electron chi connectivity index (χ0n) is 9.98. The second-order valence-corrected chi connectivity index (χ2v) is 8.70. The number of alkyl halides is 1. The van der Waals surface area contributed by atoms with Gasteiger partial charge in [0.15, 0.2) is 9.84 Å². The predicted molar refractivity (Wildman–Crippen MR) is 81.9 cm³/mol. The molecule has 1 fully saturated rings. The molecule has 1 aliphatic heterocycles. The van der Waals surface area contributed by atoms with E-state index in [4.69, 9.17) is 0 Å². The van der Waals surface area contributed by atoms with Gasteiger partial charge in [-0.2, -0.15) is 0 Å². The van der Waals surface area contributed by atoms with Crippen LogP contribution >= 0.6 is 31.9 Å². The molecular weight excluding hydrogens is 380 g/mol. The van der Waals surface area contributed by atoms with Crippen molar-refractivity contribution in [2.45, 2.75) is 12.8 Å². The van der Waals surface area contributed by atoms with E-state index in [2.05, 4.69) is 44.0 Å². The molecule has 0 N–H and O–H groups in total. The molecule has 2 rings (SSSR count). The van der Waals surface area contributed by atoms with Crippen LogP contribution in [-0.2, 0) is 16.3 Å². The third kappa shape index (κ3) is 3.81. The number of sulfone groups is 1. The predicted octanol–water partition coefficient (Wildman–Crippen LogP) is 3.44. The van der Waals surface area contributed by atoms with Gasteiger partial charge in [-0.15, -0.1) is 0 Å². The van der Waals surface area contributed by atoms with Gasteiger partial charge in [0.2, 0.25) is 0 Å². The maximum absolute atomic E-state index is 11.5. The molecule has 1 saturated heterocycles. The molecule has 2 unspecified atom stereocenters. The minimum Gasteiger partial charge on any atom is -0.229 e. The molecule has 5 heteroatoms. The smallest absolute Gasteiger partial charge is 0.150 e. The molecule has 100 valence electrons. The fourth-order valence-electron chi connectivity index (χ4n) is 2.47. The first-order chi connectivity index (χ1) is 8.50. The summed E-state index contributed by atoms with van der Waals surface area (Å²) in [6.07, 6.45) is 1.76. The van der Waals surface area contributed by atoms with Crippen molar-refractivity contribution >= 4 is 41.7 Å². The van der Waals surface area contributed by atoms with E-state index >= 15 is 0 Å². The highest BCUT2D eigenvalue weighted by Crippen LogP contribution is 2.30. The molecule has 0 aliphatic carbocycles. The van der Waals surface area contributed by atoms with Crippen molar-refractivity contribution in [3.63, 3.8) is 0 Å². The summed E-state index contributed by atoms with van der Waals surface area (Å²) in [5.74, 6) is 1.43. The van der Waals surface area contributed by atoms with Crippen LogP contribution in [-0.4, -0.2) is 25.3 Å². The van der Waals surface area contributed by atoms with Crippen molar-refractivity contribution in [3.8, 4) is 0 Å². The monoisotopic (exact) mass is 394 g/mol. The number of halogens is 2. The van der Waals surface area contributed by atoms with Crippen molar-refractivity contribution in [2.75, 3.05) is 16.8 Å². The van der Waals surface area contributed by atoms with Crippen molar-refractivity contribution in [2.24, 2.45) is 11.8 Å². The topological polar surface area (TPSA) is 34.1 Å². The summed E-state index contributed by atoms with van der Waals surface area (Å²) in [6, 6.07) is 8.27. The fourth-order valence-corrected chi connectivity index (χ4v) is 5.41. The number of hydrogen-bond donors (Lipinski definition) is 0. The molecule has 0 aromatic heterocycles. The van der Waals surface area contributed by atoms with Crippen molar-refractivity contribution in [1.29, 1.82) is 0 Å². The van der Waals surface area contributed by atoms with E-state index < -0.39 is 9.84 Å². The van der Waals surface area contributed by atoms with Crippen LogP contribution in [0.5, 0.6) is 0 Å². The van der Waals surface area contributed by atoms with Gasteiger partial charge in [-0.05, 0) is 42.4 Å². The first-order valence-corrected chi connectivity index (χ1v) is 9.74. The molecule has 0 spiro atoms. The van der Waals surface area contributed by atoms with E-state index in [0.29, 0.717) is 23.3 Å². The summed E-state index contributed by atoms with van der Waals surface area (Å²) in [5.41, 5.74) is 1.27. The van der Waals surface area contributed by atoms with Gasteiger partial charge in [-0.25, -0.2) is 8.42 Å². The van der Waals surface area contributed by atoms with Gasteiger partial charge >= 0.3 is 0 Å². The van der Waals surface area contributed by atoms with Crippen LogP contribution in [0.1, 0.15) is 12.0 Å². The Kier molecular flexibility index (Phi) is 4.89. The molecule has 1 aromatic carbocycles. The summed E-state index contributed by atoms with van der Waals surface area (Å²) < 4.78 is 24.1. The third-order valence-electron chi connectivity index (χ3n) is 3.54. The van der Waals surface area contributed by atoms with E-state index in [9.17, 15) is 8.42 Å². The van der Waals surface area contributed by atoms with Gasteiger partial charge in [0.1, 0.15) is 0 Å². The Bertz CT molecular complexity index is 496. The van der Waals surface area contributed by atoms with Gasteiger partial charge in [0, 0.05) is 9.80 Å². The summed E-state index contributed by atoms with van der Waals surface area (Å²) in [7, 11) is -2.78. The fraction of sp³-hybridized carbons (Fsp3) is 0.538. The number of benzene rings is 1. The van der Waals surface area contributed by atoms with E-state index in [1.54, 1.807) is 0 Å². The second-order valence-electron chi connectivity index (χ2n) is 4.91. The van der Waals surface area contributed by atoms with Crippen molar-refractivity contribution in [3.05, 3.63) is 34.3 Å². The summed E-state index contributed by atoms with van der Waals surface area (Å²) in [5, 5.41) is 0.864. The zero-order chi connectivity index (χ0) is 13.2. The van der Waals surface area contributed by atoms with Crippen LogP contribution in [0.15, 0.2) is 28.7 Å². The van der Waals surface area contributed by atoms with Gasteiger partial charge in [-0.1, -0.05) is 44.0 Å². The lowest BCUT2D eigenvalue weighted by Gasteiger charge is -2.20. The Hall–Kier alpha value is 0.130. The Morgan fingerprint density at radius 2 is 1.94 bits per heavy atom. The van der Waals surface area contributed by atoms with Crippen molar-refractivity contribution < 1.29 is 8.42 Å². The third-order valence-corrected chi connectivity index (χ3v) is 6.70. The van der Waals surface area contributed by atoms with Crippen LogP contribution in [0.4, 0.5) is 0 Å². The largest absolute Gasteiger partial charge is 0.229 e. The average Bonchev–Trinajstić information content (AvgIpc) is 2.69. The van der Waals surface area contributed by atoms with Crippen LogP contribution in [0, 0.1) is 11.8 Å². The zero-order valence-corrected chi connectivity index (χ0v) is 14.0. The van der Waals surface area contributed by atoms with Gasteiger partial charge in [-0.3, -0.25) is 0 Å². The summed E-state index contributed by atoms with van der Waals surface area (Å²) >= 11 is 6.95. The van der Waals surface area contributed by atoms with Crippen LogP contribution in [0.3, 0.4) is 0 Å². The molecule has 0 radical (unpaired) electrons. The Morgan fingerprint density at radius 3 is 2.44 bits per heavy atom. The Labute approximate surface area is 125 Å². The molecular formula is C13H16Br2O2S. The Balaban J connectivity index is 2.04. The normalized spacial score (nSPS) is 24.0. The quantitative estimate of drug-likeness (QED) is 0.731. The van der Waals surface area contributed by atoms with E-state index in [1.807, 2.05) is 12.1 Å². The van der Waals surface area contributed by atoms with E-state index in [-0.39, 0.29) is 0 Å². The highest BCUT2D eigenvalue weighted by atomic mass is 79.9. The lowest BCUT2D eigenvalue weighted by atomic mass is 9.88. The van der Waals surface area contributed by atoms with Crippen LogP contribution in [0.25, 0.3) is 0 Å². The highest BCUT2D eigenvalue weighted by molar-refractivity contribution is 9.10. The molecule has 2 nitrogen and oxygen atoms in total. The standard InChI is InChI=1S/C13H16Br2O2S/c14-8-12(11-5-6-18(16,17)9-11)7-10-1-3-13(15)4-2-10/h1-4,11-12H,5-9H2. The lowest BCUT2D eigenvalue weighted by Crippen LogP contribution is -2.20. The Morgan fingerprint density at radius 1 is 1.28 bits per heavy atom. The van der Waals surface area contributed by atoms with Crippen molar-refractivity contribution in [1.82, 2.24) is 0 Å². The van der Waals surface area contributed by atoms with Gasteiger partial charge < -0.3 is 0 Å². The van der Waals surface area contributed by atoms with E-state index in [1.165, 1.54) is 5.56 Å². The molecule has 1 aromatic rings. The number of hydrogen-bond acceptors (Lipinski definition) is 2. The molecule has 0 bridgehead atoms. The maximum Gasteiger partial charge on any atom is 0.150 e. The molecule has 1 heterocycles. The lowest BCUT2D eigenvalue weighted by molar-refractivity contribution is 0.402. The minimum atomic E-state index is -2.78.